The van der Waals surface area contributed by atoms with Crippen molar-refractivity contribution >= 4 is 29.1 Å². The highest BCUT2D eigenvalue weighted by atomic mass is 35.5. The molecule has 7 heteroatoms. The number of amides is 2. The molecule has 2 N–H and O–H groups in total. The molecule has 1 atom stereocenters. The maximum Gasteiger partial charge on any atom is 0.270 e. The number of benzene rings is 1. The van der Waals surface area contributed by atoms with Crippen LogP contribution in [-0.4, -0.2) is 28.5 Å². The molecule has 27 heavy (non-hydrogen) atoms. The maximum atomic E-state index is 13.6. The maximum absolute atomic E-state index is 13.6. The molecule has 1 aromatic carbocycles. The van der Waals surface area contributed by atoms with Crippen LogP contribution in [0.15, 0.2) is 42.6 Å². The number of aromatic nitrogens is 1. The van der Waals surface area contributed by atoms with E-state index >= 15 is 0 Å². The average Bonchev–Trinajstić information content (AvgIpc) is 3.08. The zero-order valence-corrected chi connectivity index (χ0v) is 15.3. The quantitative estimate of drug-likeness (QED) is 0.824. The molecule has 3 aliphatic rings. The molecule has 5 nitrogen and oxygen atoms in total. The summed E-state index contributed by atoms with van der Waals surface area (Å²) in [4.78, 5) is 28.8. The van der Waals surface area contributed by atoms with E-state index in [9.17, 15) is 14.0 Å². The Morgan fingerprint density at radius 1 is 1.22 bits per heavy atom. The van der Waals surface area contributed by atoms with Gasteiger partial charge in [-0.3, -0.25) is 14.6 Å². The van der Waals surface area contributed by atoms with Gasteiger partial charge in [0.05, 0.1) is 6.42 Å². The molecule has 5 rings (SSSR count). The number of pyridine rings is 1. The normalized spacial score (nSPS) is 25.6. The third-order valence-electron chi connectivity index (χ3n) is 5.37. The fourth-order valence-electron chi connectivity index (χ4n) is 4.02. The zero-order chi connectivity index (χ0) is 19.0. The minimum atomic E-state index is -0.825. The number of alkyl halides is 1. The van der Waals surface area contributed by atoms with Gasteiger partial charge < -0.3 is 10.6 Å². The summed E-state index contributed by atoms with van der Waals surface area (Å²) < 4.78 is 13.6. The van der Waals surface area contributed by atoms with E-state index in [1.165, 1.54) is 12.3 Å². The molecular weight excluding hydrogens is 369 g/mol. The van der Waals surface area contributed by atoms with Crippen LogP contribution in [0.4, 0.5) is 10.1 Å². The van der Waals surface area contributed by atoms with E-state index in [-0.39, 0.29) is 29.8 Å². The lowest BCUT2D eigenvalue weighted by molar-refractivity contribution is -0.115. The largest absolute Gasteiger partial charge is 0.345 e. The standard InChI is InChI=1S/C20H19ClFN3O2/c21-15-4-2-1-3-12(15)7-18(26)24-14-5-6-23-17(8-14)19(27)25-20-9-13(10-20)16(22)11-20/h1-6,8,13,16H,7,9-11H2,(H,25,27)(H,23,24,26). The Bertz CT molecular complexity index is 898. The SMILES string of the molecule is O=C(Cc1ccccc1Cl)Nc1ccnc(C(=O)NC23CC(F)C(C2)C3)c1. The summed E-state index contributed by atoms with van der Waals surface area (Å²) in [6.07, 6.45) is 2.52. The van der Waals surface area contributed by atoms with Gasteiger partial charge in [-0.25, -0.2) is 4.39 Å². The van der Waals surface area contributed by atoms with E-state index in [2.05, 4.69) is 15.6 Å². The van der Waals surface area contributed by atoms with Crippen molar-refractivity contribution in [3.63, 3.8) is 0 Å². The second kappa shape index (κ2) is 6.93. The highest BCUT2D eigenvalue weighted by Crippen LogP contribution is 2.53. The molecule has 2 bridgehead atoms. The third-order valence-corrected chi connectivity index (χ3v) is 5.74. The fourth-order valence-corrected chi connectivity index (χ4v) is 4.22. The number of nitrogens with zero attached hydrogens (tertiary/aromatic N) is 1. The first-order chi connectivity index (χ1) is 12.9. The molecule has 3 aliphatic carbocycles. The fraction of sp³-hybridized carbons (Fsp3) is 0.350. The van der Waals surface area contributed by atoms with Gasteiger partial charge in [0, 0.05) is 28.9 Å². The van der Waals surface area contributed by atoms with E-state index < -0.39 is 11.7 Å². The number of hydrogen-bond acceptors (Lipinski definition) is 3. The Balaban J connectivity index is 1.39. The Kier molecular flexibility index (Phi) is 4.60. The first kappa shape index (κ1) is 17.9. The average molecular weight is 388 g/mol. The molecule has 0 aliphatic heterocycles. The number of halogens is 2. The Morgan fingerprint density at radius 2 is 2.00 bits per heavy atom. The van der Waals surface area contributed by atoms with Crippen LogP contribution in [0.2, 0.25) is 5.02 Å². The van der Waals surface area contributed by atoms with E-state index in [1.54, 1.807) is 24.3 Å². The highest BCUT2D eigenvalue weighted by molar-refractivity contribution is 6.31. The zero-order valence-electron chi connectivity index (χ0n) is 14.5. The molecule has 140 valence electrons. The van der Waals surface area contributed by atoms with Crippen LogP contribution in [0.25, 0.3) is 0 Å². The first-order valence-electron chi connectivity index (χ1n) is 8.90. The van der Waals surface area contributed by atoms with Crippen molar-refractivity contribution in [3.8, 4) is 0 Å². The third kappa shape index (κ3) is 3.67. The van der Waals surface area contributed by atoms with Crippen LogP contribution < -0.4 is 10.6 Å². The van der Waals surface area contributed by atoms with E-state index in [0.717, 1.165) is 5.56 Å². The molecular formula is C20H19ClFN3O2. The number of rotatable bonds is 5. The van der Waals surface area contributed by atoms with Crippen LogP contribution in [0.5, 0.6) is 0 Å². The summed E-state index contributed by atoms with van der Waals surface area (Å²) in [6, 6.07) is 10.3. The second-order valence-electron chi connectivity index (χ2n) is 7.37. The Labute approximate surface area is 161 Å². The van der Waals surface area contributed by atoms with Gasteiger partial charge in [-0.2, -0.15) is 0 Å². The van der Waals surface area contributed by atoms with E-state index in [1.807, 2.05) is 6.07 Å². The van der Waals surface area contributed by atoms with E-state index in [0.29, 0.717) is 30.0 Å². The summed E-state index contributed by atoms with van der Waals surface area (Å²) in [6.45, 7) is 0. The molecule has 0 radical (unpaired) electrons. The Morgan fingerprint density at radius 3 is 2.70 bits per heavy atom. The molecule has 3 fully saturated rings. The summed E-state index contributed by atoms with van der Waals surface area (Å²) in [7, 11) is 0. The number of carbonyl (C=O) groups is 2. The summed E-state index contributed by atoms with van der Waals surface area (Å²) in [5.41, 5.74) is 0.979. The van der Waals surface area contributed by atoms with Gasteiger partial charge >= 0.3 is 0 Å². The minimum absolute atomic E-state index is 0.0775. The predicted molar refractivity (Wildman–Crippen MR) is 100 cm³/mol. The van der Waals surface area contributed by atoms with Gasteiger partial charge in [0.25, 0.3) is 5.91 Å². The molecule has 3 saturated carbocycles. The van der Waals surface area contributed by atoms with Crippen molar-refractivity contribution in [1.29, 1.82) is 0 Å². The van der Waals surface area contributed by atoms with Crippen molar-refractivity contribution in [2.24, 2.45) is 5.92 Å². The van der Waals surface area contributed by atoms with Crippen LogP contribution in [-0.2, 0) is 11.2 Å². The lowest BCUT2D eigenvalue weighted by Gasteiger charge is -2.38. The van der Waals surface area contributed by atoms with Gasteiger partial charge in [0.2, 0.25) is 5.91 Å². The minimum Gasteiger partial charge on any atom is -0.345 e. The van der Waals surface area contributed by atoms with Crippen LogP contribution in [0.1, 0.15) is 35.3 Å². The summed E-state index contributed by atoms with van der Waals surface area (Å²) >= 11 is 6.08. The molecule has 1 aromatic heterocycles. The van der Waals surface area contributed by atoms with Crippen molar-refractivity contribution in [1.82, 2.24) is 10.3 Å². The number of hydrogen-bond donors (Lipinski definition) is 2. The lowest BCUT2D eigenvalue weighted by Crippen LogP contribution is -2.51. The molecule has 0 saturated heterocycles. The summed E-state index contributed by atoms with van der Waals surface area (Å²) in [5.74, 6) is -0.504. The monoisotopic (exact) mass is 387 g/mol. The van der Waals surface area contributed by atoms with Crippen LogP contribution in [0.3, 0.4) is 0 Å². The van der Waals surface area contributed by atoms with Crippen molar-refractivity contribution in [2.45, 2.75) is 37.4 Å². The molecule has 2 amide bonds. The Hall–Kier alpha value is -2.47. The predicted octanol–water partition coefficient (Wildman–Crippen LogP) is 3.54. The highest BCUT2D eigenvalue weighted by Gasteiger charge is 2.57. The smallest absolute Gasteiger partial charge is 0.270 e. The molecule has 1 unspecified atom stereocenters. The van der Waals surface area contributed by atoms with Gasteiger partial charge in [0.1, 0.15) is 11.9 Å². The molecule has 1 heterocycles. The second-order valence-corrected chi connectivity index (χ2v) is 7.78. The van der Waals surface area contributed by atoms with Crippen molar-refractivity contribution in [2.75, 3.05) is 5.32 Å². The number of anilines is 1. The first-order valence-corrected chi connectivity index (χ1v) is 9.28. The molecule has 0 spiro atoms. The number of carbonyl (C=O) groups excluding carboxylic acids is 2. The lowest BCUT2D eigenvalue weighted by atomic mass is 9.77. The van der Waals surface area contributed by atoms with Crippen LogP contribution >= 0.6 is 11.6 Å². The van der Waals surface area contributed by atoms with Gasteiger partial charge in [-0.1, -0.05) is 29.8 Å². The van der Waals surface area contributed by atoms with Gasteiger partial charge in [-0.15, -0.1) is 0 Å². The summed E-state index contributed by atoms with van der Waals surface area (Å²) in [5, 5.41) is 6.21. The van der Waals surface area contributed by atoms with E-state index in [4.69, 9.17) is 11.6 Å². The van der Waals surface area contributed by atoms with Crippen LogP contribution in [0, 0.1) is 5.92 Å². The topological polar surface area (TPSA) is 71.1 Å². The number of fused-ring (bicyclic) bond motifs is 1. The van der Waals surface area contributed by atoms with Gasteiger partial charge in [-0.05, 0) is 42.5 Å². The van der Waals surface area contributed by atoms with Crippen molar-refractivity contribution in [3.05, 3.63) is 58.9 Å². The molecule has 2 aromatic rings. The van der Waals surface area contributed by atoms with Crippen molar-refractivity contribution < 1.29 is 14.0 Å². The number of nitrogens with one attached hydrogen (secondary N) is 2. The van der Waals surface area contributed by atoms with Gasteiger partial charge in [0.15, 0.2) is 0 Å².